The molecule has 0 radical (unpaired) electrons. The minimum absolute atomic E-state index is 0.0226. The Balaban J connectivity index is 1.39. The first-order valence-corrected chi connectivity index (χ1v) is 10.5. The van der Waals surface area contributed by atoms with Crippen LogP contribution in [0.1, 0.15) is 6.42 Å². The maximum absolute atomic E-state index is 12.6. The van der Waals surface area contributed by atoms with Gasteiger partial charge in [0.05, 0.1) is 13.5 Å². The molecule has 9 heteroatoms. The molecular formula is C22H24ClN5O3. The van der Waals surface area contributed by atoms with Crippen molar-refractivity contribution < 1.29 is 14.3 Å². The fourth-order valence-corrected chi connectivity index (χ4v) is 3.74. The lowest BCUT2D eigenvalue weighted by Crippen LogP contribution is -2.56. The predicted molar refractivity (Wildman–Crippen MR) is 121 cm³/mol. The molecule has 0 spiro atoms. The number of nitrogens with zero attached hydrogens (tertiary/aromatic N) is 3. The Morgan fingerprint density at radius 1 is 1.06 bits per heavy atom. The van der Waals surface area contributed by atoms with E-state index >= 15 is 0 Å². The lowest BCUT2D eigenvalue weighted by molar-refractivity contribution is -0.125. The molecule has 0 aromatic heterocycles. The van der Waals surface area contributed by atoms with Gasteiger partial charge in [0, 0.05) is 42.6 Å². The SMILES string of the molecule is COc1ccc(N2CCN(C3=N[C@@H](C(=O)Nc4ccc(Cl)cc4)CC(=O)N3)CC2)cc1. The number of methoxy groups -OCH3 is 1. The van der Waals surface area contributed by atoms with Crippen LogP contribution in [-0.2, 0) is 9.59 Å². The number of guanidine groups is 1. The number of hydrogen-bond donors (Lipinski definition) is 2. The van der Waals surface area contributed by atoms with Gasteiger partial charge in [-0.2, -0.15) is 0 Å². The minimum Gasteiger partial charge on any atom is -0.497 e. The highest BCUT2D eigenvalue weighted by Crippen LogP contribution is 2.21. The Labute approximate surface area is 185 Å². The highest BCUT2D eigenvalue weighted by atomic mass is 35.5. The fraction of sp³-hybridized carbons (Fsp3) is 0.318. The number of nitrogens with one attached hydrogen (secondary N) is 2. The number of carbonyl (C=O) groups excluding carboxylic acids is 2. The van der Waals surface area contributed by atoms with E-state index in [2.05, 4.69) is 20.5 Å². The van der Waals surface area contributed by atoms with Crippen molar-refractivity contribution in [2.75, 3.05) is 43.5 Å². The Morgan fingerprint density at radius 2 is 1.71 bits per heavy atom. The van der Waals surface area contributed by atoms with Crippen LogP contribution in [0, 0.1) is 0 Å². The van der Waals surface area contributed by atoms with Crippen molar-refractivity contribution in [3.05, 3.63) is 53.6 Å². The van der Waals surface area contributed by atoms with Gasteiger partial charge in [0.25, 0.3) is 0 Å². The normalized spacial score (nSPS) is 18.8. The van der Waals surface area contributed by atoms with Crippen LogP contribution in [0.15, 0.2) is 53.5 Å². The summed E-state index contributed by atoms with van der Waals surface area (Å²) in [6.07, 6.45) is 0.0226. The Bertz CT molecular complexity index is 970. The lowest BCUT2D eigenvalue weighted by atomic mass is 10.1. The second-order valence-electron chi connectivity index (χ2n) is 7.39. The summed E-state index contributed by atoms with van der Waals surface area (Å²) in [5.41, 5.74) is 1.74. The van der Waals surface area contributed by atoms with Gasteiger partial charge in [-0.05, 0) is 48.5 Å². The van der Waals surface area contributed by atoms with Crippen molar-refractivity contribution in [1.82, 2.24) is 10.2 Å². The molecule has 2 amide bonds. The van der Waals surface area contributed by atoms with E-state index in [1.807, 2.05) is 29.2 Å². The summed E-state index contributed by atoms with van der Waals surface area (Å²) in [5.74, 6) is 0.761. The summed E-state index contributed by atoms with van der Waals surface area (Å²) >= 11 is 5.88. The van der Waals surface area contributed by atoms with E-state index in [9.17, 15) is 9.59 Å². The zero-order valence-corrected chi connectivity index (χ0v) is 17.9. The van der Waals surface area contributed by atoms with Gasteiger partial charge in [-0.25, -0.2) is 4.99 Å². The molecule has 0 bridgehead atoms. The van der Waals surface area contributed by atoms with Gasteiger partial charge < -0.3 is 19.9 Å². The molecule has 0 saturated carbocycles. The highest BCUT2D eigenvalue weighted by Gasteiger charge is 2.30. The minimum atomic E-state index is -0.765. The third kappa shape index (κ3) is 5.08. The van der Waals surface area contributed by atoms with Crippen LogP contribution >= 0.6 is 11.6 Å². The molecule has 0 unspecified atom stereocenters. The first-order chi connectivity index (χ1) is 15.0. The Kier molecular flexibility index (Phi) is 6.27. The second-order valence-corrected chi connectivity index (χ2v) is 7.83. The van der Waals surface area contributed by atoms with Gasteiger partial charge in [0.2, 0.25) is 17.8 Å². The van der Waals surface area contributed by atoms with Gasteiger partial charge >= 0.3 is 0 Å². The van der Waals surface area contributed by atoms with Crippen LogP contribution in [0.5, 0.6) is 5.75 Å². The van der Waals surface area contributed by atoms with Crippen LogP contribution < -0.4 is 20.3 Å². The number of rotatable bonds is 4. The summed E-state index contributed by atoms with van der Waals surface area (Å²) in [5, 5.41) is 6.20. The van der Waals surface area contributed by atoms with E-state index in [0.29, 0.717) is 29.8 Å². The number of ether oxygens (including phenoxy) is 1. The standard InChI is InChI=1S/C22H24ClN5O3/c1-31-18-8-6-17(7-9-18)27-10-12-28(13-11-27)22-25-19(14-20(29)26-22)21(30)24-16-4-2-15(23)3-5-16/h2-9,19H,10-14H2,1H3,(H,24,30)(H,25,26,29)/t19-/m1/s1. The maximum Gasteiger partial charge on any atom is 0.249 e. The number of halogens is 1. The number of carbonyl (C=O) groups is 2. The molecule has 2 heterocycles. The van der Waals surface area contributed by atoms with Crippen molar-refractivity contribution in [2.45, 2.75) is 12.5 Å². The molecule has 4 rings (SSSR count). The number of piperazine rings is 1. The zero-order valence-electron chi connectivity index (χ0n) is 17.2. The van der Waals surface area contributed by atoms with Crippen LogP contribution in [0.25, 0.3) is 0 Å². The van der Waals surface area contributed by atoms with Gasteiger partial charge in [0.15, 0.2) is 0 Å². The molecule has 162 valence electrons. The number of amides is 2. The molecule has 1 saturated heterocycles. The van der Waals surface area contributed by atoms with Crippen molar-refractivity contribution in [3.8, 4) is 5.75 Å². The van der Waals surface area contributed by atoms with E-state index in [1.54, 1.807) is 31.4 Å². The van der Waals surface area contributed by atoms with Crippen molar-refractivity contribution >= 4 is 40.7 Å². The third-order valence-electron chi connectivity index (χ3n) is 5.34. The van der Waals surface area contributed by atoms with Crippen LogP contribution in [-0.4, -0.2) is 62.0 Å². The van der Waals surface area contributed by atoms with Gasteiger partial charge in [-0.3, -0.25) is 14.9 Å². The summed E-state index contributed by atoms with van der Waals surface area (Å²) in [7, 11) is 1.65. The summed E-state index contributed by atoms with van der Waals surface area (Å²) in [6.45, 7) is 2.94. The molecular weight excluding hydrogens is 418 g/mol. The maximum atomic E-state index is 12.6. The molecule has 2 aromatic rings. The van der Waals surface area contributed by atoms with Crippen LogP contribution in [0.3, 0.4) is 0 Å². The number of anilines is 2. The van der Waals surface area contributed by atoms with Crippen LogP contribution in [0.4, 0.5) is 11.4 Å². The van der Waals surface area contributed by atoms with Gasteiger partial charge in [-0.15, -0.1) is 0 Å². The van der Waals surface area contributed by atoms with E-state index < -0.39 is 6.04 Å². The molecule has 2 aromatic carbocycles. The van der Waals surface area contributed by atoms with E-state index in [1.165, 1.54) is 0 Å². The summed E-state index contributed by atoms with van der Waals surface area (Å²) < 4.78 is 5.21. The van der Waals surface area contributed by atoms with E-state index in [0.717, 1.165) is 24.5 Å². The number of benzene rings is 2. The summed E-state index contributed by atoms with van der Waals surface area (Å²) in [4.78, 5) is 33.7. The molecule has 2 aliphatic heterocycles. The third-order valence-corrected chi connectivity index (χ3v) is 5.59. The van der Waals surface area contributed by atoms with E-state index in [-0.39, 0.29) is 18.2 Å². The van der Waals surface area contributed by atoms with Crippen molar-refractivity contribution in [3.63, 3.8) is 0 Å². The smallest absolute Gasteiger partial charge is 0.249 e. The fourth-order valence-electron chi connectivity index (χ4n) is 3.62. The second kappa shape index (κ2) is 9.26. The molecule has 0 aliphatic carbocycles. The molecule has 1 fully saturated rings. The highest BCUT2D eigenvalue weighted by molar-refractivity contribution is 6.30. The van der Waals surface area contributed by atoms with Gasteiger partial charge in [0.1, 0.15) is 11.8 Å². The van der Waals surface area contributed by atoms with E-state index in [4.69, 9.17) is 16.3 Å². The van der Waals surface area contributed by atoms with Crippen molar-refractivity contribution in [2.24, 2.45) is 4.99 Å². The number of aliphatic imine (C=N–C) groups is 1. The first kappa shape index (κ1) is 21.0. The molecule has 2 N–H and O–H groups in total. The molecule has 8 nitrogen and oxygen atoms in total. The Morgan fingerprint density at radius 3 is 2.35 bits per heavy atom. The molecule has 31 heavy (non-hydrogen) atoms. The quantitative estimate of drug-likeness (QED) is 0.760. The average Bonchev–Trinajstić information content (AvgIpc) is 2.80. The lowest BCUT2D eigenvalue weighted by Gasteiger charge is -2.38. The first-order valence-electron chi connectivity index (χ1n) is 10.1. The van der Waals surface area contributed by atoms with Crippen LogP contribution in [0.2, 0.25) is 5.02 Å². The van der Waals surface area contributed by atoms with Crippen molar-refractivity contribution in [1.29, 1.82) is 0 Å². The summed E-state index contributed by atoms with van der Waals surface area (Å²) in [6, 6.07) is 14.0. The molecule has 1 atom stereocenters. The largest absolute Gasteiger partial charge is 0.497 e. The monoisotopic (exact) mass is 441 g/mol. The Hall–Kier alpha value is -3.26. The molecule has 2 aliphatic rings. The average molecular weight is 442 g/mol. The van der Waals surface area contributed by atoms with Gasteiger partial charge in [-0.1, -0.05) is 11.6 Å². The number of hydrogen-bond acceptors (Lipinski definition) is 6. The zero-order chi connectivity index (χ0) is 21.8. The topological polar surface area (TPSA) is 86.3 Å². The predicted octanol–water partition coefficient (Wildman–Crippen LogP) is 2.35.